The molecule has 2 atom stereocenters. The van der Waals surface area contributed by atoms with Gasteiger partial charge in [0.05, 0.1) is 11.6 Å². The second-order valence-electron chi connectivity index (χ2n) is 6.44. The monoisotopic (exact) mass is 299 g/mol. The van der Waals surface area contributed by atoms with Gasteiger partial charge in [-0.15, -0.1) is 0 Å². The van der Waals surface area contributed by atoms with Crippen LogP contribution in [0.5, 0.6) is 0 Å². The standard InChI is InChI=1S/C18H21NOS/c1-11-6-13(10-19)7-12(2)17(11)18(20)14-8-15-4-3-5-16(9-14)21-15/h6-7,14-16H,3-5,8-9H2,1-2H3. The molecule has 2 aliphatic heterocycles. The van der Waals surface area contributed by atoms with Gasteiger partial charge >= 0.3 is 0 Å². The maximum absolute atomic E-state index is 13.0. The molecule has 2 fully saturated rings. The first-order chi connectivity index (χ1) is 10.1. The Morgan fingerprint density at radius 1 is 1.19 bits per heavy atom. The third kappa shape index (κ3) is 2.87. The van der Waals surface area contributed by atoms with Crippen LogP contribution in [0.25, 0.3) is 0 Å². The van der Waals surface area contributed by atoms with Crippen molar-refractivity contribution >= 4 is 17.5 Å². The summed E-state index contributed by atoms with van der Waals surface area (Å²) < 4.78 is 0. The highest BCUT2D eigenvalue weighted by Gasteiger charge is 2.36. The maximum Gasteiger partial charge on any atom is 0.166 e. The molecule has 0 radical (unpaired) electrons. The third-order valence-electron chi connectivity index (χ3n) is 4.81. The molecule has 0 aliphatic carbocycles. The number of nitrogens with zero attached hydrogens (tertiary/aromatic N) is 1. The first-order valence-electron chi connectivity index (χ1n) is 7.79. The molecule has 0 N–H and O–H groups in total. The fraction of sp³-hybridized carbons (Fsp3) is 0.556. The Morgan fingerprint density at radius 2 is 1.76 bits per heavy atom. The smallest absolute Gasteiger partial charge is 0.166 e. The number of carbonyl (C=O) groups excluding carboxylic acids is 1. The lowest BCUT2D eigenvalue weighted by atomic mass is 9.82. The van der Waals surface area contributed by atoms with Gasteiger partial charge < -0.3 is 0 Å². The summed E-state index contributed by atoms with van der Waals surface area (Å²) in [4.78, 5) is 13.0. The zero-order chi connectivity index (χ0) is 15.0. The van der Waals surface area contributed by atoms with Crippen LogP contribution in [0.1, 0.15) is 59.2 Å². The number of thioether (sulfide) groups is 1. The fourth-order valence-electron chi connectivity index (χ4n) is 3.89. The molecule has 2 heterocycles. The Bertz CT molecular complexity index is 581. The van der Waals surface area contributed by atoms with Crippen LogP contribution in [0.2, 0.25) is 0 Å². The molecule has 21 heavy (non-hydrogen) atoms. The lowest BCUT2D eigenvalue weighted by Crippen LogP contribution is -2.33. The molecule has 3 heteroatoms. The number of fused-ring (bicyclic) bond motifs is 2. The van der Waals surface area contributed by atoms with Gasteiger partial charge in [0.1, 0.15) is 0 Å². The quantitative estimate of drug-likeness (QED) is 0.759. The van der Waals surface area contributed by atoms with Gasteiger partial charge in [0.15, 0.2) is 5.78 Å². The van der Waals surface area contributed by atoms with Crippen LogP contribution in [0.15, 0.2) is 12.1 Å². The molecule has 1 aromatic rings. The highest BCUT2D eigenvalue weighted by atomic mass is 32.2. The van der Waals surface area contributed by atoms with Gasteiger partial charge in [0.2, 0.25) is 0 Å². The van der Waals surface area contributed by atoms with E-state index in [1.165, 1.54) is 19.3 Å². The molecule has 0 spiro atoms. The van der Waals surface area contributed by atoms with Gasteiger partial charge in [-0.2, -0.15) is 17.0 Å². The molecule has 2 saturated heterocycles. The summed E-state index contributed by atoms with van der Waals surface area (Å²) in [7, 11) is 0. The summed E-state index contributed by atoms with van der Waals surface area (Å²) >= 11 is 2.11. The normalized spacial score (nSPS) is 28.0. The number of hydrogen-bond acceptors (Lipinski definition) is 3. The fourth-order valence-corrected chi connectivity index (χ4v) is 5.73. The van der Waals surface area contributed by atoms with Crippen molar-refractivity contribution in [3.8, 4) is 6.07 Å². The van der Waals surface area contributed by atoms with Crippen molar-refractivity contribution in [1.29, 1.82) is 5.26 Å². The predicted octanol–water partition coefficient (Wildman–Crippen LogP) is 4.42. The topological polar surface area (TPSA) is 40.9 Å². The van der Waals surface area contributed by atoms with Gasteiger partial charge in [-0.05, 0) is 62.8 Å². The van der Waals surface area contributed by atoms with Crippen molar-refractivity contribution in [1.82, 2.24) is 0 Å². The molecule has 3 rings (SSSR count). The van der Waals surface area contributed by atoms with Crippen LogP contribution >= 0.6 is 11.8 Å². The number of Topliss-reactive ketones (excluding diaryl/α,β-unsaturated/α-hetero) is 1. The van der Waals surface area contributed by atoms with Crippen LogP contribution in [-0.2, 0) is 0 Å². The van der Waals surface area contributed by atoms with E-state index in [2.05, 4.69) is 17.8 Å². The molecular formula is C18H21NOS. The molecule has 0 amide bonds. The van der Waals surface area contributed by atoms with Crippen LogP contribution in [0.3, 0.4) is 0 Å². The number of aryl methyl sites for hydroxylation is 2. The van der Waals surface area contributed by atoms with Crippen molar-refractivity contribution < 1.29 is 4.79 Å². The molecule has 2 bridgehead atoms. The minimum Gasteiger partial charge on any atom is -0.294 e. The van der Waals surface area contributed by atoms with Crippen molar-refractivity contribution in [2.75, 3.05) is 0 Å². The van der Waals surface area contributed by atoms with Crippen LogP contribution in [0.4, 0.5) is 0 Å². The van der Waals surface area contributed by atoms with Crippen LogP contribution in [-0.4, -0.2) is 16.3 Å². The highest BCUT2D eigenvalue weighted by Crippen LogP contribution is 2.45. The zero-order valence-corrected chi connectivity index (χ0v) is 13.5. The van der Waals surface area contributed by atoms with E-state index < -0.39 is 0 Å². The van der Waals surface area contributed by atoms with Gasteiger partial charge in [0, 0.05) is 22.0 Å². The average Bonchev–Trinajstić information content (AvgIpc) is 2.45. The molecule has 0 saturated carbocycles. The lowest BCUT2D eigenvalue weighted by Gasteiger charge is -2.38. The molecule has 110 valence electrons. The Kier molecular flexibility index (Phi) is 4.08. The van der Waals surface area contributed by atoms with E-state index >= 15 is 0 Å². The number of carbonyl (C=O) groups is 1. The summed E-state index contributed by atoms with van der Waals surface area (Å²) in [5.74, 6) is 0.499. The molecule has 1 aromatic carbocycles. The van der Waals surface area contributed by atoms with E-state index in [1.54, 1.807) is 0 Å². The van der Waals surface area contributed by atoms with E-state index in [1.807, 2.05) is 26.0 Å². The Balaban J connectivity index is 1.87. The predicted molar refractivity (Wildman–Crippen MR) is 86.7 cm³/mol. The van der Waals surface area contributed by atoms with E-state index in [-0.39, 0.29) is 5.92 Å². The SMILES string of the molecule is Cc1cc(C#N)cc(C)c1C(=O)C1CC2CCCC(C1)S2. The number of ketones is 1. The third-order valence-corrected chi connectivity index (χ3v) is 6.44. The highest BCUT2D eigenvalue weighted by molar-refractivity contribution is 8.00. The first-order valence-corrected chi connectivity index (χ1v) is 8.73. The second-order valence-corrected chi connectivity index (χ2v) is 8.05. The van der Waals surface area contributed by atoms with Crippen molar-refractivity contribution in [2.45, 2.75) is 56.5 Å². The largest absolute Gasteiger partial charge is 0.294 e. The lowest BCUT2D eigenvalue weighted by molar-refractivity contribution is 0.0895. The van der Waals surface area contributed by atoms with E-state index in [9.17, 15) is 4.79 Å². The van der Waals surface area contributed by atoms with Gasteiger partial charge in [-0.1, -0.05) is 6.42 Å². The van der Waals surface area contributed by atoms with E-state index in [0.29, 0.717) is 21.8 Å². The minimum absolute atomic E-state index is 0.187. The maximum atomic E-state index is 13.0. The summed E-state index contributed by atoms with van der Waals surface area (Å²) in [5.41, 5.74) is 3.43. The van der Waals surface area contributed by atoms with Gasteiger partial charge in [-0.25, -0.2) is 0 Å². The zero-order valence-electron chi connectivity index (χ0n) is 12.7. The van der Waals surface area contributed by atoms with Gasteiger partial charge in [-0.3, -0.25) is 4.79 Å². The average molecular weight is 299 g/mol. The second kappa shape index (κ2) is 5.85. The summed E-state index contributed by atoms with van der Waals surface area (Å²) in [6.07, 6.45) is 5.96. The van der Waals surface area contributed by atoms with Crippen molar-refractivity contribution in [3.63, 3.8) is 0 Å². The van der Waals surface area contributed by atoms with Crippen molar-refractivity contribution in [3.05, 3.63) is 34.4 Å². The number of benzene rings is 1. The molecule has 2 unspecified atom stereocenters. The van der Waals surface area contributed by atoms with E-state index in [4.69, 9.17) is 5.26 Å². The van der Waals surface area contributed by atoms with Crippen molar-refractivity contribution in [2.24, 2.45) is 5.92 Å². The van der Waals surface area contributed by atoms with Crippen LogP contribution in [0, 0.1) is 31.1 Å². The first kappa shape index (κ1) is 14.7. The summed E-state index contributed by atoms with van der Waals surface area (Å²) in [6.45, 7) is 3.92. The Morgan fingerprint density at radius 3 is 2.29 bits per heavy atom. The van der Waals surface area contributed by atoms with E-state index in [0.717, 1.165) is 29.5 Å². The number of rotatable bonds is 2. The minimum atomic E-state index is 0.187. The Labute approximate surface area is 130 Å². The molecule has 0 aromatic heterocycles. The van der Waals surface area contributed by atoms with Crippen LogP contribution < -0.4 is 0 Å². The van der Waals surface area contributed by atoms with Gasteiger partial charge in [0.25, 0.3) is 0 Å². The summed E-state index contributed by atoms with van der Waals surface area (Å²) in [5, 5.41) is 10.4. The number of hydrogen-bond donors (Lipinski definition) is 0. The number of nitriles is 1. The molecule has 2 aliphatic rings. The Hall–Kier alpha value is -1.27. The molecular weight excluding hydrogens is 278 g/mol. The molecule has 2 nitrogen and oxygen atoms in total. The summed E-state index contributed by atoms with van der Waals surface area (Å²) in [6, 6.07) is 5.86.